The number of halogens is 1. The van der Waals surface area contributed by atoms with Crippen molar-refractivity contribution in [1.82, 2.24) is 10.2 Å². The molecule has 1 atom stereocenters. The summed E-state index contributed by atoms with van der Waals surface area (Å²) in [5.41, 5.74) is 2.11. The lowest BCUT2D eigenvalue weighted by Crippen LogP contribution is -2.52. The van der Waals surface area contributed by atoms with Gasteiger partial charge in [-0.2, -0.15) is 0 Å². The Morgan fingerprint density at radius 3 is 2.18 bits per heavy atom. The van der Waals surface area contributed by atoms with Crippen molar-refractivity contribution in [3.63, 3.8) is 0 Å². The van der Waals surface area contributed by atoms with Gasteiger partial charge < -0.3 is 10.2 Å². The Labute approximate surface area is 235 Å². The molecule has 1 aliphatic rings. The van der Waals surface area contributed by atoms with E-state index in [4.69, 9.17) is 11.6 Å². The molecule has 0 heterocycles. The second-order valence-corrected chi connectivity index (χ2v) is 12.3. The van der Waals surface area contributed by atoms with Crippen LogP contribution in [0.3, 0.4) is 0 Å². The van der Waals surface area contributed by atoms with Gasteiger partial charge in [-0.1, -0.05) is 72.5 Å². The van der Waals surface area contributed by atoms with Gasteiger partial charge in [0, 0.05) is 17.6 Å². The zero-order valence-electron chi connectivity index (χ0n) is 22.2. The van der Waals surface area contributed by atoms with Crippen molar-refractivity contribution in [3.8, 4) is 0 Å². The number of nitrogens with zero attached hydrogens (tertiary/aromatic N) is 2. The number of aryl methyl sites for hydroxylation is 1. The molecular weight excluding hydrogens is 534 g/mol. The number of carbonyl (C=O) groups excluding carboxylic acids is 2. The van der Waals surface area contributed by atoms with Crippen molar-refractivity contribution < 1.29 is 18.0 Å². The highest BCUT2D eigenvalue weighted by Gasteiger charge is 2.33. The maximum Gasteiger partial charge on any atom is 0.264 e. The van der Waals surface area contributed by atoms with E-state index in [1.165, 1.54) is 17.0 Å². The Morgan fingerprint density at radius 2 is 1.56 bits per heavy atom. The number of hydrogen-bond donors (Lipinski definition) is 1. The number of benzene rings is 3. The van der Waals surface area contributed by atoms with Crippen LogP contribution in [-0.4, -0.2) is 43.8 Å². The zero-order valence-corrected chi connectivity index (χ0v) is 23.8. The van der Waals surface area contributed by atoms with E-state index in [-0.39, 0.29) is 23.4 Å². The summed E-state index contributed by atoms with van der Waals surface area (Å²) in [7, 11) is -4.07. The van der Waals surface area contributed by atoms with Crippen LogP contribution < -0.4 is 9.62 Å². The van der Waals surface area contributed by atoms with Gasteiger partial charge in [-0.3, -0.25) is 13.9 Å². The van der Waals surface area contributed by atoms with E-state index in [2.05, 4.69) is 5.32 Å². The van der Waals surface area contributed by atoms with Crippen LogP contribution in [0, 0.1) is 6.92 Å². The maximum atomic E-state index is 13.9. The standard InChI is InChI=1S/C30H34ClN3O4S/c1-22-12-18-27(19-13-22)34(39(37,38)28-10-4-3-5-11-28)21-29(35)33(20-24-14-16-25(31)17-15-24)23(2)30(36)32-26-8-6-7-9-26/h3-5,10-19,23,26H,6-9,20-21H2,1-2H3,(H,32,36)/t23-/m1/s1. The lowest BCUT2D eigenvalue weighted by molar-refractivity contribution is -0.139. The first-order chi connectivity index (χ1) is 18.6. The quantitative estimate of drug-likeness (QED) is 0.359. The first-order valence-corrected chi connectivity index (χ1v) is 15.0. The van der Waals surface area contributed by atoms with Gasteiger partial charge >= 0.3 is 0 Å². The molecule has 0 unspecified atom stereocenters. The van der Waals surface area contributed by atoms with Gasteiger partial charge in [-0.25, -0.2) is 8.42 Å². The minimum Gasteiger partial charge on any atom is -0.352 e. The molecule has 0 aliphatic heterocycles. The first-order valence-electron chi connectivity index (χ1n) is 13.1. The van der Waals surface area contributed by atoms with Gasteiger partial charge in [0.15, 0.2) is 0 Å². The number of sulfonamides is 1. The first kappa shape index (κ1) is 28.6. The van der Waals surface area contributed by atoms with Crippen LogP contribution in [0.1, 0.15) is 43.7 Å². The monoisotopic (exact) mass is 567 g/mol. The Kier molecular flexibility index (Phi) is 9.30. The van der Waals surface area contributed by atoms with Gasteiger partial charge in [0.25, 0.3) is 10.0 Å². The highest BCUT2D eigenvalue weighted by Crippen LogP contribution is 2.25. The van der Waals surface area contributed by atoms with E-state index in [0.717, 1.165) is 41.1 Å². The molecule has 0 radical (unpaired) electrons. The van der Waals surface area contributed by atoms with Crippen LogP contribution in [0.5, 0.6) is 0 Å². The second-order valence-electron chi connectivity index (χ2n) is 9.97. The van der Waals surface area contributed by atoms with E-state index < -0.39 is 28.5 Å². The Bertz CT molecular complexity index is 1370. The minimum atomic E-state index is -4.07. The van der Waals surface area contributed by atoms with Gasteiger partial charge in [0.1, 0.15) is 12.6 Å². The molecule has 206 valence electrons. The molecule has 4 rings (SSSR count). The molecule has 3 aromatic rings. The van der Waals surface area contributed by atoms with Gasteiger partial charge in [-0.05, 0) is 68.7 Å². The molecule has 1 fully saturated rings. The smallest absolute Gasteiger partial charge is 0.264 e. The van der Waals surface area contributed by atoms with Crippen LogP contribution in [-0.2, 0) is 26.2 Å². The van der Waals surface area contributed by atoms with Crippen molar-refractivity contribution in [1.29, 1.82) is 0 Å². The average molecular weight is 568 g/mol. The predicted molar refractivity (Wildman–Crippen MR) is 154 cm³/mol. The highest BCUT2D eigenvalue weighted by atomic mass is 35.5. The molecule has 1 aliphatic carbocycles. The number of amides is 2. The normalized spacial score (nSPS) is 14.5. The molecule has 0 aromatic heterocycles. The molecule has 7 nitrogen and oxygen atoms in total. The van der Waals surface area contributed by atoms with E-state index in [1.807, 2.05) is 6.92 Å². The second kappa shape index (κ2) is 12.7. The van der Waals surface area contributed by atoms with Crippen molar-refractivity contribution in [2.45, 2.75) is 63.1 Å². The van der Waals surface area contributed by atoms with E-state index in [1.54, 1.807) is 73.7 Å². The predicted octanol–water partition coefficient (Wildman–Crippen LogP) is 5.32. The molecule has 0 bridgehead atoms. The van der Waals surface area contributed by atoms with Gasteiger partial charge in [0.05, 0.1) is 10.6 Å². The summed E-state index contributed by atoms with van der Waals surface area (Å²) in [6.45, 7) is 3.25. The summed E-state index contributed by atoms with van der Waals surface area (Å²) < 4.78 is 28.6. The Balaban J connectivity index is 1.66. The van der Waals surface area contributed by atoms with Gasteiger partial charge in [-0.15, -0.1) is 0 Å². The Morgan fingerprint density at radius 1 is 0.949 bits per heavy atom. The topological polar surface area (TPSA) is 86.8 Å². The summed E-state index contributed by atoms with van der Waals surface area (Å²) in [6, 6.07) is 21.3. The lowest BCUT2D eigenvalue weighted by atomic mass is 10.1. The molecule has 9 heteroatoms. The minimum absolute atomic E-state index is 0.0784. The van der Waals surface area contributed by atoms with Crippen LogP contribution in [0.25, 0.3) is 0 Å². The summed E-state index contributed by atoms with van der Waals surface area (Å²) in [6.07, 6.45) is 3.96. The van der Waals surface area contributed by atoms with Crippen molar-refractivity contribution in [2.75, 3.05) is 10.8 Å². The fraction of sp³-hybridized carbons (Fsp3) is 0.333. The summed E-state index contributed by atoms with van der Waals surface area (Å²) >= 11 is 6.06. The Hall–Kier alpha value is -3.36. The molecule has 3 aromatic carbocycles. The number of nitrogens with one attached hydrogen (secondary N) is 1. The fourth-order valence-corrected chi connectivity index (χ4v) is 6.28. The van der Waals surface area contributed by atoms with Gasteiger partial charge in [0.2, 0.25) is 11.8 Å². The lowest BCUT2D eigenvalue weighted by Gasteiger charge is -2.32. The summed E-state index contributed by atoms with van der Waals surface area (Å²) in [5.74, 6) is -0.740. The molecular formula is C30H34ClN3O4S. The highest BCUT2D eigenvalue weighted by molar-refractivity contribution is 7.92. The summed E-state index contributed by atoms with van der Waals surface area (Å²) in [4.78, 5) is 28.7. The van der Waals surface area contributed by atoms with E-state index in [9.17, 15) is 18.0 Å². The van der Waals surface area contributed by atoms with Crippen LogP contribution in [0.2, 0.25) is 5.02 Å². The molecule has 0 saturated heterocycles. The van der Waals surface area contributed by atoms with Crippen LogP contribution in [0.4, 0.5) is 5.69 Å². The van der Waals surface area contributed by atoms with Crippen LogP contribution in [0.15, 0.2) is 83.8 Å². The maximum absolute atomic E-state index is 13.9. The SMILES string of the molecule is Cc1ccc(N(CC(=O)N(Cc2ccc(Cl)cc2)[C@H](C)C(=O)NC2CCCC2)S(=O)(=O)c2ccccc2)cc1. The van der Waals surface area contributed by atoms with Crippen molar-refractivity contribution in [2.24, 2.45) is 0 Å². The fourth-order valence-electron chi connectivity index (χ4n) is 4.72. The number of rotatable bonds is 10. The van der Waals surface area contributed by atoms with Crippen molar-refractivity contribution >= 4 is 39.1 Å². The largest absolute Gasteiger partial charge is 0.352 e. The number of hydrogen-bond acceptors (Lipinski definition) is 4. The summed E-state index contributed by atoms with van der Waals surface area (Å²) in [5, 5.41) is 3.63. The number of anilines is 1. The molecule has 0 spiro atoms. The average Bonchev–Trinajstić information content (AvgIpc) is 3.45. The molecule has 2 amide bonds. The zero-order chi connectivity index (χ0) is 28.0. The molecule has 39 heavy (non-hydrogen) atoms. The van der Waals surface area contributed by atoms with Crippen molar-refractivity contribution in [3.05, 3.63) is 95.0 Å². The third-order valence-electron chi connectivity index (χ3n) is 7.07. The number of carbonyl (C=O) groups is 2. The van der Waals surface area contributed by atoms with E-state index >= 15 is 0 Å². The van der Waals surface area contributed by atoms with E-state index in [0.29, 0.717) is 10.7 Å². The van der Waals surface area contributed by atoms with Crippen LogP contribution >= 0.6 is 11.6 Å². The molecule has 1 N–H and O–H groups in total. The molecule has 1 saturated carbocycles. The third kappa shape index (κ3) is 7.19. The third-order valence-corrected chi connectivity index (χ3v) is 9.11.